The van der Waals surface area contributed by atoms with Gasteiger partial charge in [0.05, 0.1) is 31.1 Å². The minimum absolute atomic E-state index is 0.0304. The molecule has 5 heteroatoms. The summed E-state index contributed by atoms with van der Waals surface area (Å²) in [5.41, 5.74) is 0.646. The van der Waals surface area contributed by atoms with Crippen molar-refractivity contribution in [2.45, 2.75) is 64.3 Å². The van der Waals surface area contributed by atoms with Crippen molar-refractivity contribution in [3.8, 4) is 6.07 Å². The number of benzene rings is 1. The summed E-state index contributed by atoms with van der Waals surface area (Å²) >= 11 is 0. The molecule has 0 bridgehead atoms. The summed E-state index contributed by atoms with van der Waals surface area (Å²) in [6.07, 6.45) is -1.93. The summed E-state index contributed by atoms with van der Waals surface area (Å²) in [5.74, 6) is -0.169. The third kappa shape index (κ3) is 6.81. The molecule has 0 radical (unpaired) electrons. The lowest BCUT2D eigenvalue weighted by Crippen LogP contribution is -2.46. The molecule has 1 aromatic carbocycles. The van der Waals surface area contributed by atoms with Gasteiger partial charge in [0.15, 0.2) is 0 Å². The van der Waals surface area contributed by atoms with Gasteiger partial charge in [0, 0.05) is 18.5 Å². The lowest BCUT2D eigenvalue weighted by molar-refractivity contribution is -0.139. The fourth-order valence-corrected chi connectivity index (χ4v) is 2.36. The van der Waals surface area contributed by atoms with Gasteiger partial charge in [-0.05, 0) is 26.3 Å². The highest BCUT2D eigenvalue weighted by Gasteiger charge is 2.28. The van der Waals surface area contributed by atoms with Crippen molar-refractivity contribution in [3.05, 3.63) is 35.9 Å². The summed E-state index contributed by atoms with van der Waals surface area (Å²) in [6, 6.07) is 11.5. The topological polar surface area (TPSA) is 84.6 Å². The van der Waals surface area contributed by atoms with Gasteiger partial charge in [-0.3, -0.25) is 4.79 Å². The van der Waals surface area contributed by atoms with Crippen molar-refractivity contribution < 1.29 is 15.0 Å². The minimum atomic E-state index is -0.952. The molecule has 0 fully saturated rings. The molecule has 0 saturated carbocycles. The number of hydrogen-bond donors (Lipinski definition) is 2. The van der Waals surface area contributed by atoms with Crippen LogP contribution in [0, 0.1) is 11.3 Å². The van der Waals surface area contributed by atoms with Crippen LogP contribution >= 0.6 is 0 Å². The molecule has 0 aliphatic carbocycles. The van der Waals surface area contributed by atoms with Crippen LogP contribution in [0.4, 0.5) is 0 Å². The minimum Gasteiger partial charge on any atom is -0.392 e. The van der Waals surface area contributed by atoms with Crippen LogP contribution in [-0.4, -0.2) is 38.8 Å². The van der Waals surface area contributed by atoms with Gasteiger partial charge in [-0.25, -0.2) is 0 Å². The molecule has 0 spiro atoms. The van der Waals surface area contributed by atoms with E-state index in [0.29, 0.717) is 6.54 Å². The predicted molar refractivity (Wildman–Crippen MR) is 88.2 cm³/mol. The zero-order valence-corrected chi connectivity index (χ0v) is 14.1. The van der Waals surface area contributed by atoms with Crippen molar-refractivity contribution in [3.63, 3.8) is 0 Å². The van der Waals surface area contributed by atoms with E-state index in [9.17, 15) is 15.0 Å². The molecule has 1 aromatic rings. The maximum absolute atomic E-state index is 12.6. The first-order chi connectivity index (χ1) is 10.7. The molecule has 23 heavy (non-hydrogen) atoms. The zero-order valence-electron chi connectivity index (χ0n) is 14.1. The molecule has 1 amide bonds. The molecule has 0 heterocycles. The summed E-state index contributed by atoms with van der Waals surface area (Å²) in [5, 5.41) is 28.1. The van der Waals surface area contributed by atoms with E-state index in [2.05, 4.69) is 0 Å². The molecule has 0 unspecified atom stereocenters. The number of carbonyl (C=O) groups excluding carboxylic acids is 1. The van der Waals surface area contributed by atoms with Crippen molar-refractivity contribution >= 4 is 5.91 Å². The van der Waals surface area contributed by atoms with Crippen LogP contribution < -0.4 is 0 Å². The van der Waals surface area contributed by atoms with Gasteiger partial charge >= 0.3 is 0 Å². The first-order valence-corrected chi connectivity index (χ1v) is 7.81. The number of aliphatic hydroxyl groups is 2. The molecule has 5 nitrogen and oxygen atoms in total. The van der Waals surface area contributed by atoms with Crippen LogP contribution in [0.2, 0.25) is 0 Å². The molecule has 0 saturated heterocycles. The Kier molecular flexibility index (Phi) is 7.21. The number of rotatable bonds is 7. The Morgan fingerprint density at radius 3 is 2.35 bits per heavy atom. The highest BCUT2D eigenvalue weighted by molar-refractivity contribution is 5.77. The van der Waals surface area contributed by atoms with E-state index in [1.807, 2.05) is 57.2 Å². The molecule has 0 aliphatic heterocycles. The van der Waals surface area contributed by atoms with Crippen LogP contribution in [0.1, 0.15) is 45.6 Å². The Bertz CT molecular complexity index is 531. The highest BCUT2D eigenvalue weighted by Crippen LogP contribution is 2.20. The van der Waals surface area contributed by atoms with Gasteiger partial charge in [-0.2, -0.15) is 5.26 Å². The van der Waals surface area contributed by atoms with E-state index in [4.69, 9.17) is 5.26 Å². The lowest BCUT2D eigenvalue weighted by Gasteiger charge is -2.36. The summed E-state index contributed by atoms with van der Waals surface area (Å²) in [6.45, 7) is 6.32. The number of nitriles is 1. The first kappa shape index (κ1) is 19.1. The average Bonchev–Trinajstić information content (AvgIpc) is 2.44. The van der Waals surface area contributed by atoms with E-state index < -0.39 is 12.2 Å². The second-order valence-corrected chi connectivity index (χ2v) is 6.75. The summed E-state index contributed by atoms with van der Waals surface area (Å²) in [4.78, 5) is 14.3. The quantitative estimate of drug-likeness (QED) is 0.807. The van der Waals surface area contributed by atoms with E-state index in [0.717, 1.165) is 5.56 Å². The van der Waals surface area contributed by atoms with Gasteiger partial charge in [0.1, 0.15) is 0 Å². The van der Waals surface area contributed by atoms with Crippen LogP contribution in [0.5, 0.6) is 0 Å². The number of amides is 1. The molecule has 0 aliphatic rings. The van der Waals surface area contributed by atoms with E-state index in [-0.39, 0.29) is 30.7 Å². The average molecular weight is 318 g/mol. The largest absolute Gasteiger partial charge is 0.392 e. The van der Waals surface area contributed by atoms with Crippen molar-refractivity contribution in [2.24, 2.45) is 0 Å². The van der Waals surface area contributed by atoms with Gasteiger partial charge in [-0.1, -0.05) is 30.3 Å². The summed E-state index contributed by atoms with van der Waals surface area (Å²) < 4.78 is 0. The first-order valence-electron chi connectivity index (χ1n) is 7.81. The normalized spacial score (nSPS) is 13.9. The summed E-state index contributed by atoms with van der Waals surface area (Å²) in [7, 11) is 0. The third-order valence-electron chi connectivity index (χ3n) is 3.58. The number of carbonyl (C=O) groups is 1. The Balaban J connectivity index is 2.72. The van der Waals surface area contributed by atoms with Crippen molar-refractivity contribution in [2.75, 3.05) is 0 Å². The number of hydrogen-bond acceptors (Lipinski definition) is 4. The molecule has 1 rings (SSSR count). The van der Waals surface area contributed by atoms with Crippen LogP contribution in [-0.2, 0) is 11.3 Å². The standard InChI is InChI=1S/C18H26N2O3/c1-18(2,3)20(13-14-7-5-4-6-8-14)17(23)12-16(22)11-15(21)9-10-19/h4-8,15-16,21-22H,9,11-13H2,1-3H3/t15-,16-/m1/s1. The maximum Gasteiger partial charge on any atom is 0.225 e. The van der Waals surface area contributed by atoms with Gasteiger partial charge in [0.2, 0.25) is 5.91 Å². The van der Waals surface area contributed by atoms with Crippen molar-refractivity contribution in [1.29, 1.82) is 5.26 Å². The molecular formula is C18H26N2O3. The van der Waals surface area contributed by atoms with Crippen LogP contribution in [0.3, 0.4) is 0 Å². The van der Waals surface area contributed by atoms with Crippen molar-refractivity contribution in [1.82, 2.24) is 4.90 Å². The Morgan fingerprint density at radius 1 is 1.22 bits per heavy atom. The van der Waals surface area contributed by atoms with E-state index in [1.54, 1.807) is 4.90 Å². The molecular weight excluding hydrogens is 292 g/mol. The fraction of sp³-hybridized carbons (Fsp3) is 0.556. The third-order valence-corrected chi connectivity index (χ3v) is 3.58. The van der Waals surface area contributed by atoms with E-state index in [1.165, 1.54) is 0 Å². The lowest BCUT2D eigenvalue weighted by atomic mass is 10.0. The Labute approximate surface area is 138 Å². The Morgan fingerprint density at radius 2 is 1.83 bits per heavy atom. The second-order valence-electron chi connectivity index (χ2n) is 6.75. The second kappa shape index (κ2) is 8.66. The molecule has 126 valence electrons. The number of aliphatic hydroxyl groups excluding tert-OH is 2. The van der Waals surface area contributed by atoms with Crippen LogP contribution in [0.15, 0.2) is 30.3 Å². The van der Waals surface area contributed by atoms with Crippen LogP contribution in [0.25, 0.3) is 0 Å². The van der Waals surface area contributed by atoms with Gasteiger partial charge in [0.25, 0.3) is 0 Å². The molecule has 2 atom stereocenters. The SMILES string of the molecule is CC(C)(C)N(Cc1ccccc1)C(=O)C[C@H](O)C[C@H](O)CC#N. The molecule has 2 N–H and O–H groups in total. The zero-order chi connectivity index (χ0) is 17.5. The maximum atomic E-state index is 12.6. The van der Waals surface area contributed by atoms with Gasteiger partial charge in [-0.15, -0.1) is 0 Å². The fourth-order valence-electron chi connectivity index (χ4n) is 2.36. The molecule has 0 aromatic heterocycles. The number of nitrogens with zero attached hydrogens (tertiary/aromatic N) is 2. The Hall–Kier alpha value is -1.90. The van der Waals surface area contributed by atoms with Gasteiger partial charge < -0.3 is 15.1 Å². The predicted octanol–water partition coefficient (Wildman–Crippen LogP) is 2.23. The van der Waals surface area contributed by atoms with E-state index >= 15 is 0 Å². The monoisotopic (exact) mass is 318 g/mol. The smallest absolute Gasteiger partial charge is 0.225 e. The highest BCUT2D eigenvalue weighted by atomic mass is 16.3.